The third-order valence-corrected chi connectivity index (χ3v) is 5.07. The van der Waals surface area contributed by atoms with Crippen molar-refractivity contribution in [3.05, 3.63) is 0 Å². The molecule has 1 aliphatic heterocycles. The second-order valence-corrected chi connectivity index (χ2v) is 8.80. The molecule has 1 N–H and O–H groups in total. The molecule has 0 radical (unpaired) electrons. The van der Waals surface area contributed by atoms with Crippen LogP contribution in [0.2, 0.25) is 0 Å². The van der Waals surface area contributed by atoms with Crippen LogP contribution >= 0.6 is 0 Å². The van der Waals surface area contributed by atoms with Gasteiger partial charge in [0.1, 0.15) is 0 Å². The molecule has 0 aromatic carbocycles. The first-order valence-corrected chi connectivity index (χ1v) is 9.75. The number of ether oxygens (including phenoxy) is 1. The number of carbonyl (C=O) groups excluding carboxylic acids is 1. The van der Waals surface area contributed by atoms with Gasteiger partial charge in [-0.1, -0.05) is 20.3 Å². The Bertz CT molecular complexity index is 367. The van der Waals surface area contributed by atoms with Gasteiger partial charge in [0.05, 0.1) is 5.60 Å². The molecule has 1 rings (SSSR count). The molecule has 1 fully saturated rings. The number of amides is 1. The summed E-state index contributed by atoms with van der Waals surface area (Å²) in [7, 11) is 4.13. The van der Waals surface area contributed by atoms with Gasteiger partial charge in [-0.25, -0.2) is 0 Å². The quantitative estimate of drug-likeness (QED) is 0.617. The second-order valence-electron chi connectivity index (χ2n) is 8.80. The molecule has 0 aromatic heterocycles. The van der Waals surface area contributed by atoms with Crippen LogP contribution in [0, 0.1) is 17.8 Å². The molecule has 2 atom stereocenters. The first-order valence-electron chi connectivity index (χ1n) is 9.75. The maximum Gasteiger partial charge on any atom is 0.220 e. The molecule has 142 valence electrons. The van der Waals surface area contributed by atoms with E-state index in [1.807, 2.05) is 0 Å². The van der Waals surface area contributed by atoms with E-state index in [1.54, 1.807) is 0 Å². The van der Waals surface area contributed by atoms with Crippen LogP contribution in [0.3, 0.4) is 0 Å². The van der Waals surface area contributed by atoms with E-state index in [1.165, 1.54) is 6.42 Å². The molecule has 4 nitrogen and oxygen atoms in total. The van der Waals surface area contributed by atoms with Crippen molar-refractivity contribution in [3.63, 3.8) is 0 Å². The summed E-state index contributed by atoms with van der Waals surface area (Å²) in [5.41, 5.74) is -0.0405. The van der Waals surface area contributed by atoms with E-state index in [0.29, 0.717) is 24.2 Å². The molecule has 1 amide bonds. The summed E-state index contributed by atoms with van der Waals surface area (Å²) < 4.78 is 5.87. The molecule has 0 aliphatic carbocycles. The van der Waals surface area contributed by atoms with Gasteiger partial charge >= 0.3 is 0 Å². The van der Waals surface area contributed by atoms with E-state index in [4.69, 9.17) is 4.74 Å². The highest BCUT2D eigenvalue weighted by atomic mass is 16.5. The zero-order chi connectivity index (χ0) is 18.2. The van der Waals surface area contributed by atoms with Crippen LogP contribution in [-0.4, -0.2) is 50.2 Å². The summed E-state index contributed by atoms with van der Waals surface area (Å²) in [5, 5.41) is 3.12. The maximum atomic E-state index is 12.4. The van der Waals surface area contributed by atoms with Crippen molar-refractivity contribution in [3.8, 4) is 0 Å². The van der Waals surface area contributed by atoms with Crippen LogP contribution in [0.4, 0.5) is 0 Å². The van der Waals surface area contributed by atoms with Crippen LogP contribution in [0.15, 0.2) is 0 Å². The summed E-state index contributed by atoms with van der Waals surface area (Å²) >= 11 is 0. The first-order chi connectivity index (χ1) is 11.2. The van der Waals surface area contributed by atoms with E-state index in [9.17, 15) is 4.79 Å². The Morgan fingerprint density at radius 1 is 1.29 bits per heavy atom. The van der Waals surface area contributed by atoms with Crippen LogP contribution in [0.5, 0.6) is 0 Å². The summed E-state index contributed by atoms with van der Waals surface area (Å²) in [6, 6.07) is 0. The number of rotatable bonds is 10. The van der Waals surface area contributed by atoms with Crippen molar-refractivity contribution in [2.24, 2.45) is 17.8 Å². The van der Waals surface area contributed by atoms with Gasteiger partial charge in [-0.2, -0.15) is 0 Å². The van der Waals surface area contributed by atoms with Crippen molar-refractivity contribution in [2.75, 3.05) is 33.8 Å². The normalized spacial score (nSPS) is 21.9. The molecule has 0 unspecified atom stereocenters. The van der Waals surface area contributed by atoms with Gasteiger partial charge in [-0.05, 0) is 77.9 Å². The van der Waals surface area contributed by atoms with E-state index < -0.39 is 0 Å². The molecule has 1 aliphatic rings. The molecular formula is C20H40N2O2. The Kier molecular flexibility index (Phi) is 9.28. The highest BCUT2D eigenvalue weighted by Crippen LogP contribution is 2.37. The Hall–Kier alpha value is -0.610. The fourth-order valence-electron chi connectivity index (χ4n) is 3.67. The molecule has 0 saturated carbocycles. The lowest BCUT2D eigenvalue weighted by Gasteiger charge is -2.39. The van der Waals surface area contributed by atoms with E-state index >= 15 is 0 Å². The first kappa shape index (κ1) is 21.4. The summed E-state index contributed by atoms with van der Waals surface area (Å²) in [6.45, 7) is 11.5. The van der Waals surface area contributed by atoms with Gasteiger partial charge in [0.2, 0.25) is 5.91 Å². The third kappa shape index (κ3) is 9.03. The molecule has 0 aromatic rings. The van der Waals surface area contributed by atoms with Gasteiger partial charge in [0, 0.05) is 19.6 Å². The highest BCUT2D eigenvalue weighted by molar-refractivity contribution is 5.76. The van der Waals surface area contributed by atoms with Crippen molar-refractivity contribution in [1.82, 2.24) is 10.2 Å². The topological polar surface area (TPSA) is 41.6 Å². The molecule has 4 heteroatoms. The minimum absolute atomic E-state index is 0.0405. The summed E-state index contributed by atoms with van der Waals surface area (Å²) in [6.07, 6.45) is 6.22. The van der Waals surface area contributed by atoms with Crippen molar-refractivity contribution < 1.29 is 9.53 Å². The van der Waals surface area contributed by atoms with Gasteiger partial charge < -0.3 is 15.0 Å². The lowest BCUT2D eigenvalue weighted by atomic mass is 9.75. The third-order valence-electron chi connectivity index (χ3n) is 5.07. The largest absolute Gasteiger partial charge is 0.376 e. The fourth-order valence-corrected chi connectivity index (χ4v) is 3.67. The predicted octanol–water partition coefficient (Wildman–Crippen LogP) is 3.70. The monoisotopic (exact) mass is 340 g/mol. The molecule has 1 heterocycles. The second kappa shape index (κ2) is 10.4. The Morgan fingerprint density at radius 2 is 2.00 bits per heavy atom. The average Bonchev–Trinajstić information content (AvgIpc) is 2.46. The highest BCUT2D eigenvalue weighted by Gasteiger charge is 2.34. The van der Waals surface area contributed by atoms with Crippen molar-refractivity contribution >= 4 is 5.91 Å². The van der Waals surface area contributed by atoms with E-state index in [-0.39, 0.29) is 11.5 Å². The summed E-state index contributed by atoms with van der Waals surface area (Å²) in [4.78, 5) is 14.5. The van der Waals surface area contributed by atoms with Crippen molar-refractivity contribution in [2.45, 2.75) is 71.8 Å². The standard InChI is InChI=1S/C20H40N2O2/c1-16(2)8-9-17(18-10-13-24-20(3,4)15-18)14-19(23)21-11-7-12-22(5)6/h16-18H,7-15H2,1-6H3,(H,21,23)/t17-,18+/m1/s1. The van der Waals surface area contributed by atoms with Crippen LogP contribution in [-0.2, 0) is 9.53 Å². The zero-order valence-electron chi connectivity index (χ0n) is 16.9. The van der Waals surface area contributed by atoms with Gasteiger partial charge in [0.25, 0.3) is 0 Å². The molecule has 0 spiro atoms. The Morgan fingerprint density at radius 3 is 2.58 bits per heavy atom. The number of hydrogen-bond acceptors (Lipinski definition) is 3. The Balaban J connectivity index is 2.50. The molecule has 0 bridgehead atoms. The zero-order valence-corrected chi connectivity index (χ0v) is 16.9. The minimum atomic E-state index is -0.0405. The fraction of sp³-hybridized carbons (Fsp3) is 0.950. The smallest absolute Gasteiger partial charge is 0.220 e. The summed E-state index contributed by atoms with van der Waals surface area (Å²) in [5.74, 6) is 2.03. The lowest BCUT2D eigenvalue weighted by Crippen LogP contribution is -2.38. The molecular weight excluding hydrogens is 300 g/mol. The SMILES string of the molecule is CC(C)CC[C@H](CC(=O)NCCCN(C)C)[C@H]1CCOC(C)(C)C1. The predicted molar refractivity (Wildman–Crippen MR) is 101 cm³/mol. The average molecular weight is 341 g/mol. The molecule has 24 heavy (non-hydrogen) atoms. The van der Waals surface area contributed by atoms with Crippen LogP contribution < -0.4 is 5.32 Å². The van der Waals surface area contributed by atoms with Gasteiger partial charge in [0.15, 0.2) is 0 Å². The van der Waals surface area contributed by atoms with E-state index in [0.717, 1.165) is 45.4 Å². The van der Waals surface area contributed by atoms with Crippen molar-refractivity contribution in [1.29, 1.82) is 0 Å². The molecule has 1 saturated heterocycles. The Labute approximate surface area is 149 Å². The number of nitrogens with zero attached hydrogens (tertiary/aromatic N) is 1. The lowest BCUT2D eigenvalue weighted by molar-refractivity contribution is -0.124. The van der Waals surface area contributed by atoms with Crippen LogP contribution in [0.1, 0.15) is 66.2 Å². The minimum Gasteiger partial charge on any atom is -0.376 e. The van der Waals surface area contributed by atoms with Gasteiger partial charge in [-0.3, -0.25) is 4.79 Å². The number of nitrogens with one attached hydrogen (secondary N) is 1. The maximum absolute atomic E-state index is 12.4. The van der Waals surface area contributed by atoms with Crippen LogP contribution in [0.25, 0.3) is 0 Å². The van der Waals surface area contributed by atoms with E-state index in [2.05, 4.69) is 52.0 Å². The number of hydrogen-bond donors (Lipinski definition) is 1. The van der Waals surface area contributed by atoms with Gasteiger partial charge in [-0.15, -0.1) is 0 Å². The number of carbonyl (C=O) groups is 1.